The fraction of sp³-hybridized carbons (Fsp3) is 0.455. The molecule has 0 aliphatic carbocycles. The van der Waals surface area contributed by atoms with Crippen molar-refractivity contribution in [2.45, 2.75) is 129 Å². The first kappa shape index (κ1) is 35.3. The molecule has 4 aromatic carbocycles. The molecule has 0 aromatic heterocycles. The first-order chi connectivity index (χ1) is 22.5. The van der Waals surface area contributed by atoms with Gasteiger partial charge in [-0.25, -0.2) is 0 Å². The van der Waals surface area contributed by atoms with Crippen LogP contribution >= 0.6 is 0 Å². The Morgan fingerprint density at radius 1 is 0.348 bits per heavy atom. The van der Waals surface area contributed by atoms with Crippen LogP contribution in [0.15, 0.2) is 84.9 Å². The summed E-state index contributed by atoms with van der Waals surface area (Å²) >= 11 is 0. The molecule has 0 saturated heterocycles. The third kappa shape index (κ3) is 12.3. The van der Waals surface area contributed by atoms with Gasteiger partial charge in [-0.3, -0.25) is 0 Å². The average molecular weight is 617 g/mol. The lowest BCUT2D eigenvalue weighted by Gasteiger charge is -2.09. The van der Waals surface area contributed by atoms with Gasteiger partial charge in [0.1, 0.15) is 0 Å². The Kier molecular flexibility index (Phi) is 15.3. The monoisotopic (exact) mass is 616 g/mol. The summed E-state index contributed by atoms with van der Waals surface area (Å²) in [4.78, 5) is 0. The summed E-state index contributed by atoms with van der Waals surface area (Å²) in [6.07, 6.45) is 22.1. The minimum absolute atomic E-state index is 0.937. The Labute approximate surface area is 281 Å². The molecular formula is C44H60N2. The summed E-state index contributed by atoms with van der Waals surface area (Å²) < 4.78 is 0. The van der Waals surface area contributed by atoms with Gasteiger partial charge in [0.05, 0.1) is 0 Å². The largest absolute Gasteiger partial charge is 0.399 e. The highest BCUT2D eigenvalue weighted by molar-refractivity contribution is 5.50. The van der Waals surface area contributed by atoms with E-state index in [9.17, 15) is 0 Å². The van der Waals surface area contributed by atoms with E-state index in [4.69, 9.17) is 11.5 Å². The highest BCUT2D eigenvalue weighted by atomic mass is 14.6. The molecule has 0 radical (unpaired) electrons. The van der Waals surface area contributed by atoms with E-state index in [1.54, 1.807) is 0 Å². The maximum atomic E-state index is 6.20. The lowest BCUT2D eigenvalue weighted by molar-refractivity contribution is 0.567. The number of hydrogen-bond donors (Lipinski definition) is 2. The number of rotatable bonds is 21. The molecule has 0 spiro atoms. The standard InChI is InChI=1S/C44H60N2/c1-3-5-17-41-33-39(27-29-43(41)45)31-37-23-19-35(20-24-37)15-13-11-9-7-8-10-12-14-16-36-21-25-38(26-22-36)32-40-28-30-44(46)42(34-40)18-6-4-2/h19-30,33-34H,3-18,31-32,45-46H2,1-2H3. The molecule has 0 heterocycles. The summed E-state index contributed by atoms with van der Waals surface area (Å²) in [5, 5.41) is 0. The summed E-state index contributed by atoms with van der Waals surface area (Å²) in [5.41, 5.74) is 25.3. The Morgan fingerprint density at radius 3 is 1.04 bits per heavy atom. The van der Waals surface area contributed by atoms with Crippen LogP contribution in [0.1, 0.15) is 135 Å². The van der Waals surface area contributed by atoms with Gasteiger partial charge in [0.15, 0.2) is 0 Å². The third-order valence-electron chi connectivity index (χ3n) is 9.56. The summed E-state index contributed by atoms with van der Waals surface area (Å²) in [7, 11) is 0. The Hall–Kier alpha value is -3.52. The number of nitrogen functional groups attached to an aromatic ring is 2. The van der Waals surface area contributed by atoms with E-state index >= 15 is 0 Å². The minimum atomic E-state index is 0.937. The molecule has 4 aromatic rings. The van der Waals surface area contributed by atoms with Crippen LogP contribution in [0.25, 0.3) is 0 Å². The maximum absolute atomic E-state index is 6.20. The van der Waals surface area contributed by atoms with Crippen molar-refractivity contribution in [1.82, 2.24) is 0 Å². The van der Waals surface area contributed by atoms with E-state index in [0.717, 1.165) is 37.1 Å². The molecule has 4 rings (SSSR count). The molecule has 246 valence electrons. The number of nitrogens with two attached hydrogens (primary N) is 2. The van der Waals surface area contributed by atoms with Gasteiger partial charge in [-0.1, -0.05) is 138 Å². The fourth-order valence-corrected chi connectivity index (χ4v) is 6.54. The number of aryl methyl sites for hydroxylation is 4. The topological polar surface area (TPSA) is 52.0 Å². The number of benzene rings is 4. The van der Waals surface area contributed by atoms with Crippen molar-refractivity contribution in [3.05, 3.63) is 129 Å². The lowest BCUT2D eigenvalue weighted by Crippen LogP contribution is -1.97. The highest BCUT2D eigenvalue weighted by Crippen LogP contribution is 2.22. The molecule has 0 bridgehead atoms. The smallest absolute Gasteiger partial charge is 0.0346 e. The van der Waals surface area contributed by atoms with Crippen LogP contribution in [0.3, 0.4) is 0 Å². The van der Waals surface area contributed by atoms with Crippen molar-refractivity contribution >= 4 is 11.4 Å². The molecular weight excluding hydrogens is 556 g/mol. The van der Waals surface area contributed by atoms with Crippen molar-refractivity contribution in [3.63, 3.8) is 0 Å². The molecule has 2 nitrogen and oxygen atoms in total. The SMILES string of the molecule is CCCCc1cc(Cc2ccc(CCCCCCCCCCc3ccc(Cc4ccc(N)c(CCCC)c4)cc3)cc2)ccc1N. The average Bonchev–Trinajstić information content (AvgIpc) is 3.07. The predicted molar refractivity (Wildman–Crippen MR) is 202 cm³/mol. The van der Waals surface area contributed by atoms with Crippen LogP contribution in [-0.2, 0) is 38.5 Å². The van der Waals surface area contributed by atoms with Crippen molar-refractivity contribution in [2.75, 3.05) is 11.5 Å². The molecule has 0 unspecified atom stereocenters. The van der Waals surface area contributed by atoms with Crippen molar-refractivity contribution in [1.29, 1.82) is 0 Å². The minimum Gasteiger partial charge on any atom is -0.399 e. The first-order valence-electron chi connectivity index (χ1n) is 18.4. The van der Waals surface area contributed by atoms with Gasteiger partial charge in [-0.15, -0.1) is 0 Å². The van der Waals surface area contributed by atoms with Gasteiger partial charge in [-0.2, -0.15) is 0 Å². The van der Waals surface area contributed by atoms with Gasteiger partial charge in [0, 0.05) is 11.4 Å². The van der Waals surface area contributed by atoms with Crippen LogP contribution in [0.5, 0.6) is 0 Å². The van der Waals surface area contributed by atoms with Crippen LogP contribution in [0.4, 0.5) is 11.4 Å². The van der Waals surface area contributed by atoms with Crippen LogP contribution in [-0.4, -0.2) is 0 Å². The van der Waals surface area contributed by atoms with Crippen molar-refractivity contribution in [2.24, 2.45) is 0 Å². The van der Waals surface area contributed by atoms with Gasteiger partial charge in [0.2, 0.25) is 0 Å². The zero-order valence-electron chi connectivity index (χ0n) is 29.0. The summed E-state index contributed by atoms with van der Waals surface area (Å²) in [6.45, 7) is 4.47. The molecule has 0 aliphatic heterocycles. The van der Waals surface area contributed by atoms with Gasteiger partial charge in [-0.05, 0) is 121 Å². The second-order valence-electron chi connectivity index (χ2n) is 13.6. The number of hydrogen-bond acceptors (Lipinski definition) is 2. The Balaban J connectivity index is 1.03. The van der Waals surface area contributed by atoms with Gasteiger partial charge >= 0.3 is 0 Å². The maximum Gasteiger partial charge on any atom is 0.0346 e. The molecule has 0 saturated carbocycles. The van der Waals surface area contributed by atoms with Crippen LogP contribution in [0.2, 0.25) is 0 Å². The zero-order valence-corrected chi connectivity index (χ0v) is 29.0. The summed E-state index contributed by atoms with van der Waals surface area (Å²) in [5.74, 6) is 0. The molecule has 4 N–H and O–H groups in total. The van der Waals surface area contributed by atoms with E-state index in [-0.39, 0.29) is 0 Å². The van der Waals surface area contributed by atoms with E-state index in [0.29, 0.717) is 0 Å². The fourth-order valence-electron chi connectivity index (χ4n) is 6.54. The van der Waals surface area contributed by atoms with Gasteiger partial charge < -0.3 is 11.5 Å². The molecule has 0 fully saturated rings. The molecule has 0 aliphatic rings. The van der Waals surface area contributed by atoms with Gasteiger partial charge in [0.25, 0.3) is 0 Å². The zero-order chi connectivity index (χ0) is 32.4. The van der Waals surface area contributed by atoms with Crippen molar-refractivity contribution < 1.29 is 0 Å². The lowest BCUT2D eigenvalue weighted by atomic mass is 9.97. The summed E-state index contributed by atoms with van der Waals surface area (Å²) in [6, 6.07) is 31.8. The molecule has 0 amide bonds. The van der Waals surface area contributed by atoms with E-state index in [1.165, 1.54) is 134 Å². The van der Waals surface area contributed by atoms with Crippen molar-refractivity contribution in [3.8, 4) is 0 Å². The quantitative estimate of drug-likeness (QED) is 0.0723. The molecule has 46 heavy (non-hydrogen) atoms. The second kappa shape index (κ2) is 19.9. The Bertz CT molecular complexity index is 1310. The third-order valence-corrected chi connectivity index (χ3v) is 9.56. The Morgan fingerprint density at radius 2 is 0.674 bits per heavy atom. The normalized spacial score (nSPS) is 11.3. The molecule has 2 heteroatoms. The van der Waals surface area contributed by atoms with Crippen LogP contribution in [0, 0.1) is 0 Å². The molecule has 0 atom stereocenters. The van der Waals surface area contributed by atoms with Crippen LogP contribution < -0.4 is 11.5 Å². The predicted octanol–water partition coefficient (Wildman–Crippen LogP) is 11.6. The first-order valence-corrected chi connectivity index (χ1v) is 18.4. The van der Waals surface area contributed by atoms with E-state index < -0.39 is 0 Å². The highest BCUT2D eigenvalue weighted by Gasteiger charge is 2.05. The number of anilines is 2. The van der Waals surface area contributed by atoms with E-state index in [2.05, 4.69) is 98.8 Å². The number of unbranched alkanes of at least 4 members (excludes halogenated alkanes) is 9. The van der Waals surface area contributed by atoms with E-state index in [1.807, 2.05) is 0 Å². The second-order valence-corrected chi connectivity index (χ2v) is 13.6.